The highest BCUT2D eigenvalue weighted by Crippen LogP contribution is 2.29. The van der Waals surface area contributed by atoms with Gasteiger partial charge >= 0.3 is 0 Å². The first kappa shape index (κ1) is 17.9. The number of benzene rings is 1. The van der Waals surface area contributed by atoms with E-state index in [1.54, 1.807) is 6.20 Å². The van der Waals surface area contributed by atoms with Crippen LogP contribution in [0.4, 0.5) is 11.5 Å². The number of carbonyl (C=O) groups is 1. The lowest BCUT2D eigenvalue weighted by Crippen LogP contribution is -2.25. The highest BCUT2D eigenvalue weighted by atomic mass is 16.1. The van der Waals surface area contributed by atoms with E-state index in [0.717, 1.165) is 24.1 Å². The van der Waals surface area contributed by atoms with Crippen LogP contribution in [0.3, 0.4) is 0 Å². The van der Waals surface area contributed by atoms with Gasteiger partial charge in [0.1, 0.15) is 11.5 Å². The lowest BCUT2D eigenvalue weighted by atomic mass is 9.98. The molecule has 1 amide bonds. The zero-order chi connectivity index (χ0) is 17.5. The smallest absolute Gasteiger partial charge is 0.271 e. The molecule has 5 heteroatoms. The first-order chi connectivity index (χ1) is 11.5. The molecule has 5 nitrogen and oxygen atoms in total. The van der Waals surface area contributed by atoms with Crippen LogP contribution in [0.1, 0.15) is 61.1 Å². The Morgan fingerprint density at radius 2 is 2.00 bits per heavy atom. The minimum atomic E-state index is -0.179. The maximum absolute atomic E-state index is 12.0. The number of aryl methyl sites for hydroxylation is 1. The van der Waals surface area contributed by atoms with Crippen molar-refractivity contribution in [1.82, 2.24) is 15.3 Å². The summed E-state index contributed by atoms with van der Waals surface area (Å²) in [6, 6.07) is 6.24. The van der Waals surface area contributed by atoms with Crippen molar-refractivity contribution >= 4 is 17.4 Å². The Morgan fingerprint density at radius 1 is 1.21 bits per heavy atom. The van der Waals surface area contributed by atoms with Gasteiger partial charge in [0.25, 0.3) is 5.91 Å². The molecule has 24 heavy (non-hydrogen) atoms. The zero-order valence-corrected chi connectivity index (χ0v) is 14.9. The molecule has 0 aliphatic heterocycles. The molecule has 2 rings (SSSR count). The van der Waals surface area contributed by atoms with Crippen molar-refractivity contribution in [3.63, 3.8) is 0 Å². The van der Waals surface area contributed by atoms with Gasteiger partial charge in [-0.2, -0.15) is 0 Å². The molecule has 1 heterocycles. The number of nitrogens with one attached hydrogen (secondary N) is 2. The molecule has 1 aromatic heterocycles. The lowest BCUT2D eigenvalue weighted by molar-refractivity contribution is 0.0948. The van der Waals surface area contributed by atoms with E-state index >= 15 is 0 Å². The van der Waals surface area contributed by atoms with Gasteiger partial charge in [0.05, 0.1) is 12.4 Å². The number of carbonyl (C=O) groups excluding carboxylic acids is 1. The number of amides is 1. The number of para-hydroxylation sites is 1. The number of aromatic nitrogens is 2. The average Bonchev–Trinajstić information content (AvgIpc) is 2.57. The fraction of sp³-hybridized carbons (Fsp3) is 0.421. The Kier molecular flexibility index (Phi) is 6.29. The van der Waals surface area contributed by atoms with Gasteiger partial charge in [0, 0.05) is 12.2 Å². The highest BCUT2D eigenvalue weighted by Gasteiger charge is 2.11. The predicted octanol–water partition coefficient (Wildman–Crippen LogP) is 4.18. The van der Waals surface area contributed by atoms with Crippen LogP contribution in [-0.4, -0.2) is 22.4 Å². The van der Waals surface area contributed by atoms with E-state index in [1.165, 1.54) is 11.8 Å². The molecule has 0 fully saturated rings. The van der Waals surface area contributed by atoms with Gasteiger partial charge in [0.15, 0.2) is 0 Å². The second-order valence-electron chi connectivity index (χ2n) is 6.22. The van der Waals surface area contributed by atoms with Gasteiger partial charge in [-0.05, 0) is 30.4 Å². The third-order valence-electron chi connectivity index (χ3n) is 3.88. The molecule has 0 aliphatic carbocycles. The molecule has 0 bridgehead atoms. The van der Waals surface area contributed by atoms with Gasteiger partial charge in [0.2, 0.25) is 0 Å². The van der Waals surface area contributed by atoms with Crippen LogP contribution in [0.25, 0.3) is 0 Å². The standard InChI is InChI=1S/C19H26N4O/c1-5-6-10-20-19(24)16-11-22-17(12-21-16)23-18-14(4)8-7-9-15(18)13(2)3/h7-9,11-13H,5-6,10H2,1-4H3,(H,20,24)(H,22,23). The third-order valence-corrected chi connectivity index (χ3v) is 3.88. The molecule has 0 radical (unpaired) electrons. The van der Waals surface area contributed by atoms with Crippen LogP contribution >= 0.6 is 0 Å². The Hall–Kier alpha value is -2.43. The first-order valence-corrected chi connectivity index (χ1v) is 8.49. The molecule has 0 spiro atoms. The van der Waals surface area contributed by atoms with Crippen molar-refractivity contribution in [1.29, 1.82) is 0 Å². The lowest BCUT2D eigenvalue weighted by Gasteiger charge is -2.16. The fourth-order valence-corrected chi connectivity index (χ4v) is 2.45. The van der Waals surface area contributed by atoms with Crippen LogP contribution in [-0.2, 0) is 0 Å². The van der Waals surface area contributed by atoms with Crippen LogP contribution < -0.4 is 10.6 Å². The van der Waals surface area contributed by atoms with Gasteiger partial charge in [-0.15, -0.1) is 0 Å². The maximum atomic E-state index is 12.0. The average molecular weight is 326 g/mol. The largest absolute Gasteiger partial charge is 0.351 e. The normalized spacial score (nSPS) is 10.7. The predicted molar refractivity (Wildman–Crippen MR) is 97.8 cm³/mol. The summed E-state index contributed by atoms with van der Waals surface area (Å²) in [6.45, 7) is 9.14. The van der Waals surface area contributed by atoms with Crippen molar-refractivity contribution in [2.45, 2.75) is 46.5 Å². The Bertz CT molecular complexity index is 680. The van der Waals surface area contributed by atoms with Gasteiger partial charge in [-0.25, -0.2) is 9.97 Å². The number of nitrogens with zero attached hydrogens (tertiary/aromatic N) is 2. The Balaban J connectivity index is 2.11. The van der Waals surface area contributed by atoms with Gasteiger partial charge in [-0.1, -0.05) is 45.4 Å². The molecule has 0 aliphatic rings. The van der Waals surface area contributed by atoms with E-state index in [9.17, 15) is 4.79 Å². The van der Waals surface area contributed by atoms with E-state index in [1.807, 2.05) is 0 Å². The number of rotatable bonds is 7. The van der Waals surface area contributed by atoms with Crippen molar-refractivity contribution in [3.8, 4) is 0 Å². The van der Waals surface area contributed by atoms with Gasteiger partial charge < -0.3 is 10.6 Å². The van der Waals surface area contributed by atoms with Crippen molar-refractivity contribution in [3.05, 3.63) is 47.4 Å². The monoisotopic (exact) mass is 326 g/mol. The molecular formula is C19H26N4O. The van der Waals surface area contributed by atoms with Crippen LogP contribution in [0.5, 0.6) is 0 Å². The van der Waals surface area contributed by atoms with E-state index in [-0.39, 0.29) is 5.91 Å². The van der Waals surface area contributed by atoms with Crippen molar-refractivity contribution < 1.29 is 4.79 Å². The molecule has 0 atom stereocenters. The summed E-state index contributed by atoms with van der Waals surface area (Å²) >= 11 is 0. The minimum Gasteiger partial charge on any atom is -0.351 e. The van der Waals surface area contributed by atoms with Crippen LogP contribution in [0, 0.1) is 6.92 Å². The van der Waals surface area contributed by atoms with E-state index in [0.29, 0.717) is 24.0 Å². The summed E-state index contributed by atoms with van der Waals surface area (Å²) in [6.07, 6.45) is 5.12. The second kappa shape index (κ2) is 8.43. The maximum Gasteiger partial charge on any atom is 0.271 e. The zero-order valence-electron chi connectivity index (χ0n) is 14.9. The summed E-state index contributed by atoms with van der Waals surface area (Å²) in [4.78, 5) is 20.5. The summed E-state index contributed by atoms with van der Waals surface area (Å²) in [7, 11) is 0. The van der Waals surface area contributed by atoms with Crippen LogP contribution in [0.15, 0.2) is 30.6 Å². The number of anilines is 2. The summed E-state index contributed by atoms with van der Waals surface area (Å²) in [5, 5.41) is 6.18. The second-order valence-corrected chi connectivity index (χ2v) is 6.22. The molecule has 0 unspecified atom stereocenters. The molecular weight excluding hydrogens is 300 g/mol. The fourth-order valence-electron chi connectivity index (χ4n) is 2.45. The Morgan fingerprint density at radius 3 is 2.62 bits per heavy atom. The van der Waals surface area contributed by atoms with Gasteiger partial charge in [-0.3, -0.25) is 4.79 Å². The van der Waals surface area contributed by atoms with Crippen molar-refractivity contribution in [2.24, 2.45) is 0 Å². The molecule has 2 aromatic rings. The highest BCUT2D eigenvalue weighted by molar-refractivity contribution is 5.92. The molecule has 0 saturated heterocycles. The SMILES string of the molecule is CCCCNC(=O)c1cnc(Nc2c(C)cccc2C(C)C)cn1. The molecule has 1 aromatic carbocycles. The molecule has 0 saturated carbocycles. The molecule has 2 N–H and O–H groups in total. The number of hydrogen-bond acceptors (Lipinski definition) is 4. The summed E-state index contributed by atoms with van der Waals surface area (Å²) < 4.78 is 0. The quantitative estimate of drug-likeness (QED) is 0.749. The number of hydrogen-bond donors (Lipinski definition) is 2. The Labute approximate surface area is 143 Å². The first-order valence-electron chi connectivity index (χ1n) is 8.49. The van der Waals surface area contributed by atoms with Crippen LogP contribution in [0.2, 0.25) is 0 Å². The number of unbranched alkanes of at least 4 members (excludes halogenated alkanes) is 1. The minimum absolute atomic E-state index is 0.179. The van der Waals surface area contributed by atoms with E-state index in [2.05, 4.69) is 66.5 Å². The molecule has 128 valence electrons. The topological polar surface area (TPSA) is 66.9 Å². The summed E-state index contributed by atoms with van der Waals surface area (Å²) in [5.41, 5.74) is 3.79. The third kappa shape index (κ3) is 4.54. The van der Waals surface area contributed by atoms with Crippen molar-refractivity contribution in [2.75, 3.05) is 11.9 Å². The van der Waals surface area contributed by atoms with E-state index in [4.69, 9.17) is 0 Å². The van der Waals surface area contributed by atoms with E-state index < -0.39 is 0 Å². The summed E-state index contributed by atoms with van der Waals surface area (Å²) in [5.74, 6) is 0.863.